The van der Waals surface area contributed by atoms with Gasteiger partial charge in [-0.15, -0.1) is 10.2 Å². The standard InChI is InChI=1S/C17H14ClN3O3S/c1-23-13-5-3-4-12(14(13)24-2)15(22)19-17-21-20-16(25-17)10-6-8-11(18)9-7-10/h3-9H,1-2H3,(H,19,21,22). The van der Waals surface area contributed by atoms with Gasteiger partial charge in [-0.05, 0) is 24.3 Å². The number of halogens is 1. The Morgan fingerprint density at radius 3 is 2.52 bits per heavy atom. The Balaban J connectivity index is 1.82. The maximum Gasteiger partial charge on any atom is 0.261 e. The highest BCUT2D eigenvalue weighted by molar-refractivity contribution is 7.18. The van der Waals surface area contributed by atoms with E-state index >= 15 is 0 Å². The molecule has 0 aliphatic rings. The average molecular weight is 376 g/mol. The number of benzene rings is 2. The molecule has 0 saturated carbocycles. The van der Waals surface area contributed by atoms with Crippen molar-refractivity contribution in [1.29, 1.82) is 0 Å². The largest absolute Gasteiger partial charge is 0.493 e. The van der Waals surface area contributed by atoms with Crippen LogP contribution in [0.25, 0.3) is 10.6 Å². The van der Waals surface area contributed by atoms with E-state index in [2.05, 4.69) is 15.5 Å². The molecule has 1 N–H and O–H groups in total. The summed E-state index contributed by atoms with van der Waals surface area (Å²) >= 11 is 7.15. The number of nitrogens with one attached hydrogen (secondary N) is 1. The molecule has 3 aromatic rings. The number of hydrogen-bond acceptors (Lipinski definition) is 6. The summed E-state index contributed by atoms with van der Waals surface area (Å²) in [5, 5.41) is 12.6. The third-order valence-corrected chi connectivity index (χ3v) is 4.52. The molecule has 25 heavy (non-hydrogen) atoms. The number of rotatable bonds is 5. The predicted octanol–water partition coefficient (Wildman–Crippen LogP) is 4.13. The van der Waals surface area contributed by atoms with E-state index in [0.717, 1.165) is 5.56 Å². The molecular weight excluding hydrogens is 362 g/mol. The van der Waals surface area contributed by atoms with E-state index in [1.54, 1.807) is 30.3 Å². The van der Waals surface area contributed by atoms with Crippen LogP contribution < -0.4 is 14.8 Å². The number of ether oxygens (including phenoxy) is 2. The van der Waals surface area contributed by atoms with Crippen molar-refractivity contribution in [3.05, 3.63) is 53.1 Å². The van der Waals surface area contributed by atoms with Crippen molar-refractivity contribution in [3.8, 4) is 22.1 Å². The van der Waals surface area contributed by atoms with Gasteiger partial charge in [0.15, 0.2) is 11.5 Å². The monoisotopic (exact) mass is 375 g/mol. The fourth-order valence-electron chi connectivity index (χ4n) is 2.21. The van der Waals surface area contributed by atoms with Crippen LogP contribution in [0.15, 0.2) is 42.5 Å². The number of nitrogens with zero attached hydrogens (tertiary/aromatic N) is 2. The van der Waals surface area contributed by atoms with Gasteiger partial charge in [0.05, 0.1) is 19.8 Å². The quantitative estimate of drug-likeness (QED) is 0.725. The molecule has 0 radical (unpaired) electrons. The maximum atomic E-state index is 12.5. The first kappa shape index (κ1) is 17.2. The summed E-state index contributed by atoms with van der Waals surface area (Å²) in [5.41, 5.74) is 1.23. The summed E-state index contributed by atoms with van der Waals surface area (Å²) < 4.78 is 10.5. The summed E-state index contributed by atoms with van der Waals surface area (Å²) in [7, 11) is 3.00. The molecular formula is C17H14ClN3O3S. The molecule has 0 spiro atoms. The van der Waals surface area contributed by atoms with Crippen LogP contribution >= 0.6 is 22.9 Å². The molecule has 0 aliphatic carbocycles. The van der Waals surface area contributed by atoms with Crippen molar-refractivity contribution in [2.24, 2.45) is 0 Å². The summed E-state index contributed by atoms with van der Waals surface area (Å²) in [5.74, 6) is 0.494. The van der Waals surface area contributed by atoms with Crippen molar-refractivity contribution >= 4 is 34.0 Å². The van der Waals surface area contributed by atoms with Gasteiger partial charge in [0, 0.05) is 10.6 Å². The Labute approximate surface area is 153 Å². The second-order valence-corrected chi connectivity index (χ2v) is 6.33. The van der Waals surface area contributed by atoms with Gasteiger partial charge in [-0.3, -0.25) is 10.1 Å². The molecule has 3 rings (SSSR count). The zero-order valence-corrected chi connectivity index (χ0v) is 15.0. The van der Waals surface area contributed by atoms with Crippen molar-refractivity contribution < 1.29 is 14.3 Å². The second-order valence-electron chi connectivity index (χ2n) is 4.91. The van der Waals surface area contributed by atoms with Crippen LogP contribution in [-0.2, 0) is 0 Å². The Bertz CT molecular complexity index is 896. The molecule has 0 aliphatic heterocycles. The number of amides is 1. The van der Waals surface area contributed by atoms with Gasteiger partial charge in [0.1, 0.15) is 5.01 Å². The lowest BCUT2D eigenvalue weighted by molar-refractivity contribution is 0.102. The third kappa shape index (κ3) is 3.72. The predicted molar refractivity (Wildman–Crippen MR) is 97.9 cm³/mol. The molecule has 0 atom stereocenters. The van der Waals surface area contributed by atoms with Crippen LogP contribution in [0.4, 0.5) is 5.13 Å². The van der Waals surface area contributed by atoms with E-state index in [1.807, 2.05) is 12.1 Å². The Kier molecular flexibility index (Phi) is 5.16. The number of anilines is 1. The molecule has 8 heteroatoms. The van der Waals surface area contributed by atoms with Gasteiger partial charge in [-0.1, -0.05) is 41.1 Å². The first-order chi connectivity index (χ1) is 12.1. The van der Waals surface area contributed by atoms with Gasteiger partial charge in [-0.25, -0.2) is 0 Å². The lowest BCUT2D eigenvalue weighted by atomic mass is 10.1. The number of para-hydroxylation sites is 1. The van der Waals surface area contributed by atoms with Gasteiger partial charge >= 0.3 is 0 Å². The number of carbonyl (C=O) groups excluding carboxylic acids is 1. The van der Waals surface area contributed by atoms with Crippen molar-refractivity contribution in [2.75, 3.05) is 19.5 Å². The van der Waals surface area contributed by atoms with E-state index in [1.165, 1.54) is 25.6 Å². The number of hydrogen-bond donors (Lipinski definition) is 1. The molecule has 6 nitrogen and oxygen atoms in total. The molecule has 0 fully saturated rings. The Morgan fingerprint density at radius 2 is 1.84 bits per heavy atom. The SMILES string of the molecule is COc1cccc(C(=O)Nc2nnc(-c3ccc(Cl)cc3)s2)c1OC. The highest BCUT2D eigenvalue weighted by Gasteiger charge is 2.18. The van der Waals surface area contributed by atoms with E-state index < -0.39 is 0 Å². The van der Waals surface area contributed by atoms with Gasteiger partial charge in [0.25, 0.3) is 5.91 Å². The zero-order valence-electron chi connectivity index (χ0n) is 13.4. The molecule has 128 valence electrons. The van der Waals surface area contributed by atoms with Crippen LogP contribution in [0.1, 0.15) is 10.4 Å². The van der Waals surface area contributed by atoms with Crippen LogP contribution in [-0.4, -0.2) is 30.3 Å². The normalized spacial score (nSPS) is 10.4. The fraction of sp³-hybridized carbons (Fsp3) is 0.118. The van der Waals surface area contributed by atoms with Crippen LogP contribution in [0, 0.1) is 0 Å². The minimum atomic E-state index is -0.352. The van der Waals surface area contributed by atoms with Crippen LogP contribution in [0.5, 0.6) is 11.5 Å². The molecule has 1 heterocycles. The molecule has 1 aromatic heterocycles. The third-order valence-electron chi connectivity index (χ3n) is 3.38. The minimum Gasteiger partial charge on any atom is -0.493 e. The number of aromatic nitrogens is 2. The van der Waals surface area contributed by atoms with Crippen LogP contribution in [0.2, 0.25) is 5.02 Å². The molecule has 0 bridgehead atoms. The van der Waals surface area contributed by atoms with E-state index in [9.17, 15) is 4.79 Å². The fourth-order valence-corrected chi connectivity index (χ4v) is 3.08. The lowest BCUT2D eigenvalue weighted by Gasteiger charge is -2.11. The summed E-state index contributed by atoms with van der Waals surface area (Å²) in [6, 6.07) is 12.3. The zero-order chi connectivity index (χ0) is 17.8. The summed E-state index contributed by atoms with van der Waals surface area (Å²) in [6.07, 6.45) is 0. The molecule has 2 aromatic carbocycles. The van der Waals surface area contributed by atoms with E-state index in [-0.39, 0.29) is 5.91 Å². The first-order valence-corrected chi connectivity index (χ1v) is 8.43. The Hall–Kier alpha value is -2.64. The highest BCUT2D eigenvalue weighted by Crippen LogP contribution is 2.32. The lowest BCUT2D eigenvalue weighted by Crippen LogP contribution is -2.13. The smallest absolute Gasteiger partial charge is 0.261 e. The van der Waals surface area contributed by atoms with Crippen LogP contribution in [0.3, 0.4) is 0 Å². The number of methoxy groups -OCH3 is 2. The van der Waals surface area contributed by atoms with Crippen molar-refractivity contribution in [3.63, 3.8) is 0 Å². The maximum absolute atomic E-state index is 12.5. The second kappa shape index (κ2) is 7.50. The first-order valence-electron chi connectivity index (χ1n) is 7.24. The van der Waals surface area contributed by atoms with E-state index in [4.69, 9.17) is 21.1 Å². The van der Waals surface area contributed by atoms with Gasteiger partial charge in [-0.2, -0.15) is 0 Å². The molecule has 1 amide bonds. The topological polar surface area (TPSA) is 73.3 Å². The van der Waals surface area contributed by atoms with Crippen molar-refractivity contribution in [1.82, 2.24) is 10.2 Å². The van der Waals surface area contributed by atoms with Gasteiger partial charge in [0.2, 0.25) is 5.13 Å². The Morgan fingerprint density at radius 1 is 1.08 bits per heavy atom. The summed E-state index contributed by atoms with van der Waals surface area (Å²) in [4.78, 5) is 12.5. The average Bonchev–Trinajstić information content (AvgIpc) is 3.09. The van der Waals surface area contributed by atoms with E-state index in [0.29, 0.717) is 32.2 Å². The summed E-state index contributed by atoms with van der Waals surface area (Å²) in [6.45, 7) is 0. The molecule has 0 saturated heterocycles. The minimum absolute atomic E-state index is 0.352. The molecule has 0 unspecified atom stereocenters. The number of carbonyl (C=O) groups is 1. The van der Waals surface area contributed by atoms with Gasteiger partial charge < -0.3 is 9.47 Å². The van der Waals surface area contributed by atoms with Crippen molar-refractivity contribution in [2.45, 2.75) is 0 Å². The highest BCUT2D eigenvalue weighted by atomic mass is 35.5.